The maximum absolute atomic E-state index is 13.0. The van der Waals surface area contributed by atoms with Crippen molar-refractivity contribution in [2.75, 3.05) is 45.7 Å². The van der Waals surface area contributed by atoms with Gasteiger partial charge < -0.3 is 25.0 Å². The van der Waals surface area contributed by atoms with Gasteiger partial charge in [-0.1, -0.05) is 12.1 Å². The molecule has 1 heterocycles. The summed E-state index contributed by atoms with van der Waals surface area (Å²) >= 11 is 0. The predicted molar refractivity (Wildman–Crippen MR) is 116 cm³/mol. The number of carbonyl (C=O) groups is 1. The van der Waals surface area contributed by atoms with E-state index in [2.05, 4.69) is 15.5 Å². The number of piperidine rings is 1. The second-order valence-corrected chi connectivity index (χ2v) is 7.60. The Labute approximate surface area is 177 Å². The second-order valence-electron chi connectivity index (χ2n) is 7.60. The molecule has 6 nitrogen and oxygen atoms in total. The molecule has 1 fully saturated rings. The van der Waals surface area contributed by atoms with Crippen molar-refractivity contribution in [1.82, 2.24) is 10.2 Å². The fourth-order valence-corrected chi connectivity index (χ4v) is 3.64. The van der Waals surface area contributed by atoms with Gasteiger partial charge in [0.25, 0.3) is 0 Å². The van der Waals surface area contributed by atoms with Crippen LogP contribution in [0.25, 0.3) is 0 Å². The summed E-state index contributed by atoms with van der Waals surface area (Å²) in [6.07, 6.45) is 3.03. The molecular formula is C23H30FN3O3. The van der Waals surface area contributed by atoms with Crippen molar-refractivity contribution in [2.45, 2.75) is 19.3 Å². The van der Waals surface area contributed by atoms with Gasteiger partial charge in [-0.15, -0.1) is 0 Å². The first-order chi connectivity index (χ1) is 14.6. The summed E-state index contributed by atoms with van der Waals surface area (Å²) in [5, 5.41) is 5.80. The van der Waals surface area contributed by atoms with E-state index in [0.717, 1.165) is 44.5 Å². The lowest BCUT2D eigenvalue weighted by atomic mass is 9.96. The largest absolute Gasteiger partial charge is 0.497 e. The fraction of sp³-hybridized carbons (Fsp3) is 0.435. The number of methoxy groups -OCH3 is 2. The highest BCUT2D eigenvalue weighted by molar-refractivity contribution is 5.89. The number of ether oxygens (including phenoxy) is 2. The summed E-state index contributed by atoms with van der Waals surface area (Å²) in [6, 6.07) is 11.8. The molecule has 162 valence electrons. The minimum atomic E-state index is -0.232. The number of hydrogen-bond donors (Lipinski definition) is 2. The van der Waals surface area contributed by atoms with Gasteiger partial charge in [-0.05, 0) is 56.0 Å². The molecule has 30 heavy (non-hydrogen) atoms. The SMILES string of the molecule is COc1cc(NC(=O)NCC2CCN(CCc3ccc(F)cc3)CC2)cc(OC)c1. The van der Waals surface area contributed by atoms with E-state index in [4.69, 9.17) is 9.47 Å². The number of halogens is 1. The summed E-state index contributed by atoms with van der Waals surface area (Å²) in [7, 11) is 3.15. The topological polar surface area (TPSA) is 62.8 Å². The normalized spacial score (nSPS) is 14.9. The molecule has 0 atom stereocenters. The zero-order valence-corrected chi connectivity index (χ0v) is 17.6. The number of nitrogens with one attached hydrogen (secondary N) is 2. The lowest BCUT2D eigenvalue weighted by molar-refractivity contribution is 0.184. The van der Waals surface area contributed by atoms with Crippen LogP contribution in [0.3, 0.4) is 0 Å². The van der Waals surface area contributed by atoms with Crippen LogP contribution >= 0.6 is 0 Å². The maximum atomic E-state index is 13.0. The number of amides is 2. The molecule has 0 aromatic heterocycles. The van der Waals surface area contributed by atoms with E-state index in [1.54, 1.807) is 32.4 Å². The molecule has 0 unspecified atom stereocenters. The summed E-state index contributed by atoms with van der Waals surface area (Å²) in [6.45, 7) is 3.66. The predicted octanol–water partition coefficient (Wildman–Crippen LogP) is 3.92. The van der Waals surface area contributed by atoms with Gasteiger partial charge in [-0.2, -0.15) is 0 Å². The van der Waals surface area contributed by atoms with E-state index in [1.807, 2.05) is 12.1 Å². The van der Waals surface area contributed by atoms with Crippen molar-refractivity contribution in [2.24, 2.45) is 5.92 Å². The Morgan fingerprint density at radius 2 is 1.70 bits per heavy atom. The number of urea groups is 1. The Kier molecular flexibility index (Phi) is 7.90. The highest BCUT2D eigenvalue weighted by Gasteiger charge is 2.19. The molecule has 0 bridgehead atoms. The van der Waals surface area contributed by atoms with Crippen molar-refractivity contribution in [1.29, 1.82) is 0 Å². The Morgan fingerprint density at radius 3 is 2.30 bits per heavy atom. The first kappa shape index (κ1) is 21.9. The molecule has 0 radical (unpaired) electrons. The van der Waals surface area contributed by atoms with Gasteiger partial charge in [0.05, 0.1) is 14.2 Å². The third kappa shape index (κ3) is 6.62. The number of hydrogen-bond acceptors (Lipinski definition) is 4. The molecule has 1 aliphatic rings. The van der Waals surface area contributed by atoms with E-state index >= 15 is 0 Å². The Balaban J connectivity index is 1.37. The van der Waals surface area contributed by atoms with Crippen LogP contribution in [0.1, 0.15) is 18.4 Å². The van der Waals surface area contributed by atoms with Crippen molar-refractivity contribution in [3.8, 4) is 11.5 Å². The number of carbonyl (C=O) groups excluding carboxylic acids is 1. The first-order valence-corrected chi connectivity index (χ1v) is 10.3. The average molecular weight is 416 g/mol. The number of nitrogens with zero attached hydrogens (tertiary/aromatic N) is 1. The van der Waals surface area contributed by atoms with Crippen LogP contribution in [0.15, 0.2) is 42.5 Å². The second kappa shape index (κ2) is 10.8. The van der Waals surface area contributed by atoms with Gasteiger partial charge in [-0.3, -0.25) is 0 Å². The van der Waals surface area contributed by atoms with Gasteiger partial charge in [-0.25, -0.2) is 9.18 Å². The smallest absolute Gasteiger partial charge is 0.319 e. The molecule has 0 aliphatic carbocycles. The monoisotopic (exact) mass is 415 g/mol. The van der Waals surface area contributed by atoms with Gasteiger partial charge >= 0.3 is 6.03 Å². The van der Waals surface area contributed by atoms with E-state index < -0.39 is 0 Å². The van der Waals surface area contributed by atoms with Crippen LogP contribution < -0.4 is 20.1 Å². The first-order valence-electron chi connectivity index (χ1n) is 10.3. The standard InChI is InChI=1S/C23H30FN3O3/c1-29-21-13-20(14-22(15-21)30-2)26-23(28)25-16-18-8-11-27(12-9-18)10-7-17-3-5-19(24)6-4-17/h3-6,13-15,18H,7-12,16H2,1-2H3,(H2,25,26,28). The van der Waals surface area contributed by atoms with Crippen molar-refractivity contribution in [3.05, 3.63) is 53.8 Å². The minimum Gasteiger partial charge on any atom is -0.497 e. The highest BCUT2D eigenvalue weighted by Crippen LogP contribution is 2.25. The zero-order chi connectivity index (χ0) is 21.3. The Bertz CT molecular complexity index is 799. The van der Waals surface area contributed by atoms with Crippen LogP contribution in [-0.2, 0) is 6.42 Å². The minimum absolute atomic E-state index is 0.193. The third-order valence-corrected chi connectivity index (χ3v) is 5.50. The van der Waals surface area contributed by atoms with E-state index in [-0.39, 0.29) is 11.8 Å². The summed E-state index contributed by atoms with van der Waals surface area (Å²) in [5.41, 5.74) is 1.78. The molecular weight excluding hydrogens is 385 g/mol. The van der Waals surface area contributed by atoms with Crippen LogP contribution in [-0.4, -0.2) is 51.3 Å². The molecule has 7 heteroatoms. The molecule has 2 aromatic carbocycles. The van der Waals surface area contributed by atoms with Gasteiger partial charge in [0, 0.05) is 37.0 Å². The Morgan fingerprint density at radius 1 is 1.07 bits per heavy atom. The van der Waals surface area contributed by atoms with E-state index in [1.165, 1.54) is 12.1 Å². The van der Waals surface area contributed by atoms with Crippen molar-refractivity contribution < 1.29 is 18.7 Å². The van der Waals surface area contributed by atoms with Crippen LogP contribution in [0.5, 0.6) is 11.5 Å². The van der Waals surface area contributed by atoms with Gasteiger partial charge in [0.1, 0.15) is 17.3 Å². The quantitative estimate of drug-likeness (QED) is 0.686. The third-order valence-electron chi connectivity index (χ3n) is 5.50. The maximum Gasteiger partial charge on any atom is 0.319 e. The van der Waals surface area contributed by atoms with E-state index in [0.29, 0.717) is 29.6 Å². The van der Waals surface area contributed by atoms with E-state index in [9.17, 15) is 9.18 Å². The van der Waals surface area contributed by atoms with Crippen molar-refractivity contribution in [3.63, 3.8) is 0 Å². The van der Waals surface area contributed by atoms with Crippen LogP contribution in [0, 0.1) is 11.7 Å². The molecule has 1 aliphatic heterocycles. The highest BCUT2D eigenvalue weighted by atomic mass is 19.1. The molecule has 2 N–H and O–H groups in total. The molecule has 3 rings (SSSR count). The van der Waals surface area contributed by atoms with Crippen LogP contribution in [0.2, 0.25) is 0 Å². The van der Waals surface area contributed by atoms with Gasteiger partial charge in [0.15, 0.2) is 0 Å². The lowest BCUT2D eigenvalue weighted by Crippen LogP contribution is -2.40. The lowest BCUT2D eigenvalue weighted by Gasteiger charge is -2.32. The zero-order valence-electron chi connectivity index (χ0n) is 17.6. The molecule has 0 spiro atoms. The van der Waals surface area contributed by atoms with Crippen LogP contribution in [0.4, 0.5) is 14.9 Å². The number of likely N-dealkylation sites (tertiary alicyclic amines) is 1. The molecule has 0 saturated carbocycles. The molecule has 2 amide bonds. The number of anilines is 1. The van der Waals surface area contributed by atoms with Gasteiger partial charge in [0.2, 0.25) is 0 Å². The molecule has 2 aromatic rings. The fourth-order valence-electron chi connectivity index (χ4n) is 3.64. The Hall–Kier alpha value is -2.80. The molecule has 1 saturated heterocycles. The average Bonchev–Trinajstić information content (AvgIpc) is 2.77. The van der Waals surface area contributed by atoms with Crippen molar-refractivity contribution >= 4 is 11.7 Å². The number of benzene rings is 2. The summed E-state index contributed by atoms with van der Waals surface area (Å²) in [5.74, 6) is 1.52. The summed E-state index contributed by atoms with van der Waals surface area (Å²) in [4.78, 5) is 14.7. The summed E-state index contributed by atoms with van der Waals surface area (Å²) < 4.78 is 23.4. The number of rotatable bonds is 8.